The number of hydrogen-bond acceptors (Lipinski definition) is 8. The number of sulfonamides is 2. The number of fused-ring (bicyclic) bond motifs is 6. The van der Waals surface area contributed by atoms with Gasteiger partial charge in [-0.25, -0.2) is 13.1 Å². The van der Waals surface area contributed by atoms with Gasteiger partial charge < -0.3 is 15.3 Å². The van der Waals surface area contributed by atoms with Crippen molar-refractivity contribution in [1.29, 1.82) is 0 Å². The predicted octanol–water partition coefficient (Wildman–Crippen LogP) is 2.96. The molecular weight excluding hydrogens is 536 g/mol. The summed E-state index contributed by atoms with van der Waals surface area (Å²) in [5.41, 5.74) is 0.240. The fourth-order valence-corrected chi connectivity index (χ4v) is 10.2. The number of aliphatic hydroxyl groups excluding tert-OH is 1. The highest BCUT2D eigenvalue weighted by Crippen LogP contribution is 2.55. The van der Waals surface area contributed by atoms with Gasteiger partial charge in [-0.2, -0.15) is 8.42 Å². The van der Waals surface area contributed by atoms with Crippen molar-refractivity contribution in [3.05, 3.63) is 22.3 Å². The molecule has 3 heterocycles. The molecule has 1 aromatic rings. The minimum atomic E-state index is -4.23. The average molecular weight is 569 g/mol. The van der Waals surface area contributed by atoms with Crippen LogP contribution in [-0.4, -0.2) is 57.4 Å². The molecule has 3 N–H and O–H groups in total. The topological polar surface area (TPSA) is 145 Å². The molecule has 0 radical (unpaired) electrons. The van der Waals surface area contributed by atoms with Crippen LogP contribution in [0.25, 0.3) is 0 Å². The van der Waals surface area contributed by atoms with Crippen LogP contribution in [-0.2, 0) is 31.4 Å². The molecule has 0 spiro atoms. The van der Waals surface area contributed by atoms with Gasteiger partial charge in [0, 0.05) is 30.6 Å². The average Bonchev–Trinajstić information content (AvgIpc) is 3.55. The third kappa shape index (κ3) is 4.41. The molecule has 1 unspecified atom stereocenters. The number of amides is 1. The van der Waals surface area contributed by atoms with Crippen LogP contribution in [0.4, 0.5) is 5.00 Å². The van der Waals surface area contributed by atoms with Gasteiger partial charge in [-0.3, -0.25) is 4.79 Å². The van der Waals surface area contributed by atoms with Crippen molar-refractivity contribution in [2.75, 3.05) is 18.1 Å². The summed E-state index contributed by atoms with van der Waals surface area (Å²) in [7, 11) is -7.76. The van der Waals surface area contributed by atoms with E-state index in [1.807, 2.05) is 4.90 Å². The first kappa shape index (κ1) is 25.3. The van der Waals surface area contributed by atoms with Crippen LogP contribution in [0, 0.1) is 23.7 Å². The van der Waals surface area contributed by atoms with Crippen molar-refractivity contribution < 1.29 is 26.7 Å². The third-order valence-corrected chi connectivity index (χ3v) is 11.9. The van der Waals surface area contributed by atoms with Gasteiger partial charge >= 0.3 is 0 Å². The summed E-state index contributed by atoms with van der Waals surface area (Å²) < 4.78 is 55.9. The second-order valence-electron chi connectivity index (χ2n) is 11.1. The Bertz CT molecular complexity index is 1410. The third-order valence-electron chi connectivity index (χ3n) is 8.74. The van der Waals surface area contributed by atoms with Crippen LogP contribution in [0.2, 0.25) is 0 Å². The van der Waals surface area contributed by atoms with Gasteiger partial charge in [-0.1, -0.05) is 19.3 Å². The molecule has 0 aromatic carbocycles. The molecule has 13 heteroatoms. The minimum absolute atomic E-state index is 0.0382. The Hall–Kier alpha value is -1.96. The van der Waals surface area contributed by atoms with Crippen molar-refractivity contribution in [3.63, 3.8) is 0 Å². The van der Waals surface area contributed by atoms with E-state index in [0.717, 1.165) is 62.5 Å². The zero-order valence-electron chi connectivity index (χ0n) is 20.6. The molecule has 6 rings (SSSR count). The number of anilines is 1. The normalized spacial score (nSPS) is 31.2. The Morgan fingerprint density at radius 3 is 2.65 bits per heavy atom. The highest BCUT2D eigenvalue weighted by Gasteiger charge is 2.57. The van der Waals surface area contributed by atoms with Gasteiger partial charge in [0.05, 0.1) is 6.26 Å². The van der Waals surface area contributed by atoms with E-state index < -0.39 is 20.0 Å². The van der Waals surface area contributed by atoms with Crippen molar-refractivity contribution in [2.24, 2.45) is 28.1 Å². The van der Waals surface area contributed by atoms with Crippen LogP contribution < -0.4 is 10.0 Å². The number of amidine groups is 1. The van der Waals surface area contributed by atoms with Crippen molar-refractivity contribution >= 4 is 48.1 Å². The summed E-state index contributed by atoms with van der Waals surface area (Å²) in [6.45, 7) is 0.441. The fourth-order valence-electron chi connectivity index (χ4n) is 7.21. The maximum absolute atomic E-state index is 14.0. The number of rotatable bonds is 6. The van der Waals surface area contributed by atoms with Crippen LogP contribution in [0.15, 0.2) is 26.0 Å². The lowest BCUT2D eigenvalue weighted by Gasteiger charge is -2.45. The Kier molecular flexibility index (Phi) is 6.20. The molecule has 0 saturated heterocycles. The van der Waals surface area contributed by atoms with Gasteiger partial charge in [-0.15, -0.1) is 15.7 Å². The van der Waals surface area contributed by atoms with Gasteiger partial charge in [-0.05, 0) is 55.2 Å². The predicted molar refractivity (Wildman–Crippen MR) is 140 cm³/mol. The molecule has 1 aromatic heterocycles. The van der Waals surface area contributed by atoms with E-state index in [1.165, 1.54) is 6.42 Å². The molecule has 202 valence electrons. The van der Waals surface area contributed by atoms with Gasteiger partial charge in [0.1, 0.15) is 21.2 Å². The molecule has 2 aliphatic heterocycles. The maximum atomic E-state index is 14.0. The molecule has 3 fully saturated rings. The zero-order valence-corrected chi connectivity index (χ0v) is 23.1. The molecule has 3 saturated carbocycles. The van der Waals surface area contributed by atoms with Gasteiger partial charge in [0.15, 0.2) is 5.84 Å². The lowest BCUT2D eigenvalue weighted by molar-refractivity contribution is -0.134. The second-order valence-corrected chi connectivity index (χ2v) is 15.4. The summed E-state index contributed by atoms with van der Waals surface area (Å²) in [6.07, 6.45) is 9.73. The molecule has 5 aliphatic rings. The summed E-state index contributed by atoms with van der Waals surface area (Å²) in [5.74, 6) is 0.331. The molecule has 3 aliphatic carbocycles. The van der Waals surface area contributed by atoms with Gasteiger partial charge in [0.2, 0.25) is 10.0 Å². The van der Waals surface area contributed by atoms with Crippen molar-refractivity contribution in [1.82, 2.24) is 9.62 Å². The first-order valence-corrected chi connectivity index (χ1v) is 17.2. The number of carbonyl (C=O) groups is 1. The highest BCUT2D eigenvalue weighted by atomic mass is 32.2. The summed E-state index contributed by atoms with van der Waals surface area (Å²) in [4.78, 5) is 15.8. The summed E-state index contributed by atoms with van der Waals surface area (Å²) in [5, 5.41) is 16.3. The lowest BCUT2D eigenvalue weighted by atomic mass is 9.77. The van der Waals surface area contributed by atoms with Gasteiger partial charge in [0.25, 0.3) is 15.9 Å². The van der Waals surface area contributed by atoms with Crippen LogP contribution in [0.3, 0.4) is 0 Å². The molecule has 1 amide bonds. The standard InChI is InChI=1S/C24H32N4O6S3/c1-36(31,32)25-10-16-12-35-23-21(16)37(33,34)27-22(26-23)18-20(29)17-14-7-8-15(9-14)19(17)28(24(18)30)11-13-5-3-2-4-6-13/h12-15,17,19,25,29H,2-11H2,1H3,(H,26,27)/t14-,15+,17+,19?/m0/s1. The number of thiophene rings is 1. The number of nitrogens with zero attached hydrogens (tertiary/aromatic N) is 2. The monoisotopic (exact) mass is 568 g/mol. The van der Waals surface area contributed by atoms with E-state index in [2.05, 4.69) is 14.4 Å². The Morgan fingerprint density at radius 1 is 1.19 bits per heavy atom. The van der Waals surface area contributed by atoms with Crippen LogP contribution in [0.5, 0.6) is 0 Å². The number of nitrogens with one attached hydrogen (secondary N) is 2. The van der Waals surface area contributed by atoms with E-state index in [0.29, 0.717) is 18.4 Å². The number of carbonyl (C=O) groups excluding carboxylic acids is 1. The molecule has 10 nitrogen and oxygen atoms in total. The lowest BCUT2D eigenvalue weighted by Crippen LogP contribution is -2.55. The van der Waals surface area contributed by atoms with E-state index in [1.54, 1.807) is 5.38 Å². The highest BCUT2D eigenvalue weighted by molar-refractivity contribution is 7.91. The van der Waals surface area contributed by atoms with Crippen LogP contribution in [0.1, 0.15) is 56.9 Å². The smallest absolute Gasteiger partial charge is 0.287 e. The number of aliphatic hydroxyl groups is 1. The fraction of sp³-hybridized carbons (Fsp3) is 0.667. The maximum Gasteiger partial charge on any atom is 0.287 e. The zero-order chi connectivity index (χ0) is 26.1. The molecule has 37 heavy (non-hydrogen) atoms. The van der Waals surface area contributed by atoms with E-state index in [4.69, 9.17) is 0 Å². The first-order chi connectivity index (χ1) is 17.5. The molecule has 4 atom stereocenters. The Labute approximate surface area is 221 Å². The SMILES string of the molecule is CS(=O)(=O)NCc1csc2c1S(=O)(=O)N=C(C1=C(O)[C@H]3C([C@@H]4CC[C@H]3C4)N(CC3CCCCC3)C1=O)N2. The van der Waals surface area contributed by atoms with Crippen LogP contribution >= 0.6 is 11.3 Å². The van der Waals surface area contributed by atoms with Crippen molar-refractivity contribution in [3.8, 4) is 0 Å². The molecular formula is C24H32N4O6S3. The second kappa shape index (κ2) is 9.06. The largest absolute Gasteiger partial charge is 0.511 e. The van der Waals surface area contributed by atoms with E-state index in [-0.39, 0.29) is 63.0 Å². The first-order valence-electron chi connectivity index (χ1n) is 12.9. The molecule has 2 bridgehead atoms. The number of hydrogen-bond donors (Lipinski definition) is 3. The summed E-state index contributed by atoms with van der Waals surface area (Å²) in [6, 6.07) is -0.0382. The van der Waals surface area contributed by atoms with E-state index in [9.17, 15) is 26.7 Å². The Morgan fingerprint density at radius 2 is 1.92 bits per heavy atom. The summed E-state index contributed by atoms with van der Waals surface area (Å²) >= 11 is 1.10. The van der Waals surface area contributed by atoms with E-state index >= 15 is 0 Å². The Balaban J connectivity index is 1.36. The minimum Gasteiger partial charge on any atom is -0.511 e. The quantitative estimate of drug-likeness (QED) is 0.478. The van der Waals surface area contributed by atoms with Crippen molar-refractivity contribution in [2.45, 2.75) is 68.8 Å².